The van der Waals surface area contributed by atoms with Crippen molar-refractivity contribution in [3.8, 4) is 0 Å². The Kier molecular flexibility index (Phi) is 10.4. The minimum absolute atomic E-state index is 0.00906. The zero-order chi connectivity index (χ0) is 35.0. The van der Waals surface area contributed by atoms with Crippen LogP contribution < -0.4 is 10.6 Å². The van der Waals surface area contributed by atoms with Gasteiger partial charge in [-0.15, -0.1) is 6.58 Å². The summed E-state index contributed by atoms with van der Waals surface area (Å²) in [5.41, 5.74) is 2.62. The highest BCUT2D eigenvalue weighted by Gasteiger charge is 2.65. The van der Waals surface area contributed by atoms with Crippen LogP contribution in [0.5, 0.6) is 0 Å². The number of nitrogens with zero attached hydrogens (tertiary/aromatic N) is 2. The summed E-state index contributed by atoms with van der Waals surface area (Å²) >= 11 is 0. The van der Waals surface area contributed by atoms with E-state index in [9.17, 15) is 28.6 Å². The second-order valence-corrected chi connectivity index (χ2v) is 17.9. The van der Waals surface area contributed by atoms with Crippen molar-refractivity contribution < 1.29 is 38.1 Å². The van der Waals surface area contributed by atoms with Crippen molar-refractivity contribution in [2.24, 2.45) is 17.3 Å². The summed E-state index contributed by atoms with van der Waals surface area (Å²) in [4.78, 5) is 68.8. The van der Waals surface area contributed by atoms with Gasteiger partial charge in [0.25, 0.3) is 0 Å². The van der Waals surface area contributed by atoms with E-state index in [1.54, 1.807) is 38.7 Å². The molecule has 5 rings (SSSR count). The number of hydrogen-bond acceptors (Lipinski definition) is 7. The molecule has 2 fully saturated rings. The number of aryl methyl sites for hydroxylation is 1. The highest BCUT2D eigenvalue weighted by Crippen LogP contribution is 2.69. The number of alkyl carbamates (subject to hydrolysis) is 1. The first-order valence-electron chi connectivity index (χ1n) is 17.2. The van der Waals surface area contributed by atoms with Crippen LogP contribution in [0.1, 0.15) is 83.4 Å². The van der Waals surface area contributed by atoms with Crippen LogP contribution in [0.15, 0.2) is 30.9 Å². The van der Waals surface area contributed by atoms with Gasteiger partial charge in [0.15, 0.2) is 0 Å². The average molecular weight is 687 g/mol. The van der Waals surface area contributed by atoms with Crippen LogP contribution in [-0.2, 0) is 43.1 Å². The zero-order valence-corrected chi connectivity index (χ0v) is 29.7. The maximum absolute atomic E-state index is 14.3. The van der Waals surface area contributed by atoms with E-state index in [1.807, 2.05) is 19.1 Å². The molecule has 12 nitrogen and oxygen atoms in total. The standard InChI is InChI=1S/C35H51N4O8P/c1-7-25-17-35(25,48(44,45)8-2)37-30(40)28-16-26-19-39(28)31(41)29(34(4,5)6)36-32(42)46-21-22(3)12-9-10-13-23-14-11-15-24-18-38(20-27(23)24)33(43)47-26/h7,11,14-15,22,25-26,28-29H,1,8-10,12-13,16-21H2,2-6H3,(H,36,42)(H,37,40)(H,44,45)/t22-,25-,26-,28+,29-,35+/m1/s1. The summed E-state index contributed by atoms with van der Waals surface area (Å²) in [5.74, 6) is -1.43. The molecule has 7 atom stereocenters. The van der Waals surface area contributed by atoms with E-state index in [0.717, 1.165) is 36.8 Å². The third kappa shape index (κ3) is 7.30. The first kappa shape index (κ1) is 35.9. The van der Waals surface area contributed by atoms with Gasteiger partial charge < -0.3 is 29.9 Å². The monoisotopic (exact) mass is 686 g/mol. The maximum Gasteiger partial charge on any atom is 0.410 e. The van der Waals surface area contributed by atoms with Crippen LogP contribution in [0.25, 0.3) is 0 Å². The Morgan fingerprint density at radius 3 is 2.60 bits per heavy atom. The second kappa shape index (κ2) is 13.9. The van der Waals surface area contributed by atoms with E-state index < -0.39 is 66.2 Å². The summed E-state index contributed by atoms with van der Waals surface area (Å²) in [6, 6.07) is 3.94. The van der Waals surface area contributed by atoms with Crippen molar-refractivity contribution in [2.75, 3.05) is 19.3 Å². The van der Waals surface area contributed by atoms with Gasteiger partial charge in [-0.05, 0) is 53.7 Å². The Bertz CT molecular complexity index is 1490. The number of carbonyl (C=O) groups is 4. The number of rotatable bonds is 5. The summed E-state index contributed by atoms with van der Waals surface area (Å²) in [7, 11) is -3.81. The van der Waals surface area contributed by atoms with Crippen molar-refractivity contribution in [3.05, 3.63) is 47.5 Å². The van der Waals surface area contributed by atoms with Gasteiger partial charge in [-0.3, -0.25) is 19.1 Å². The van der Waals surface area contributed by atoms with Crippen LogP contribution in [-0.4, -0.2) is 81.5 Å². The summed E-state index contributed by atoms with van der Waals surface area (Å²) < 4.78 is 24.8. The largest absolute Gasteiger partial charge is 0.449 e. The predicted octanol–water partition coefficient (Wildman–Crippen LogP) is 4.92. The smallest absolute Gasteiger partial charge is 0.410 e. The Morgan fingerprint density at radius 2 is 1.94 bits per heavy atom. The second-order valence-electron chi connectivity index (χ2n) is 15.0. The molecule has 1 saturated carbocycles. The van der Waals surface area contributed by atoms with Gasteiger partial charge in [0.1, 0.15) is 23.5 Å². The van der Waals surface area contributed by atoms with Gasteiger partial charge in [0.2, 0.25) is 19.2 Å². The molecule has 13 heteroatoms. The van der Waals surface area contributed by atoms with Crippen LogP contribution in [0, 0.1) is 17.3 Å². The van der Waals surface area contributed by atoms with Gasteiger partial charge in [-0.1, -0.05) is 65.3 Å². The van der Waals surface area contributed by atoms with E-state index >= 15 is 0 Å². The zero-order valence-electron chi connectivity index (χ0n) is 28.8. The third-order valence-corrected chi connectivity index (χ3v) is 13.1. The molecular weight excluding hydrogens is 635 g/mol. The Morgan fingerprint density at radius 1 is 1.21 bits per heavy atom. The fraction of sp³-hybridized carbons (Fsp3) is 0.657. The average Bonchev–Trinajstić information content (AvgIpc) is 3.35. The summed E-state index contributed by atoms with van der Waals surface area (Å²) in [5, 5.41) is 4.20. The minimum atomic E-state index is -3.81. The van der Waals surface area contributed by atoms with E-state index in [0.29, 0.717) is 13.1 Å². The number of fused-ring (bicyclic) bond motifs is 3. The van der Waals surface area contributed by atoms with Gasteiger partial charge in [0, 0.05) is 31.6 Å². The quantitative estimate of drug-likeness (QED) is 0.291. The molecule has 1 aromatic carbocycles. The fourth-order valence-electron chi connectivity index (χ4n) is 7.30. The Labute approximate surface area is 283 Å². The molecule has 264 valence electrons. The number of hydrogen-bond donors (Lipinski definition) is 3. The molecule has 4 aliphatic rings. The van der Waals surface area contributed by atoms with Gasteiger partial charge in [0.05, 0.1) is 13.2 Å². The van der Waals surface area contributed by atoms with Crippen molar-refractivity contribution in [1.29, 1.82) is 0 Å². The lowest BCUT2D eigenvalue weighted by atomic mass is 9.85. The molecule has 0 aromatic heterocycles. The SMILES string of the molecule is C=C[C@@H]1C[C@]1(NC(=O)[C@@H]1C[C@@H]2CN1C(=O)[C@H](C(C)(C)C)NC(=O)OC[C@H](C)CCCCc1cccc3c1CN(C3)C(=O)O2)P(=O)(O)CC. The lowest BCUT2D eigenvalue weighted by molar-refractivity contribution is -0.142. The molecular formula is C35H51N4O8P. The van der Waals surface area contributed by atoms with Gasteiger partial charge >= 0.3 is 12.2 Å². The molecule has 48 heavy (non-hydrogen) atoms. The van der Waals surface area contributed by atoms with E-state index in [2.05, 4.69) is 23.3 Å². The van der Waals surface area contributed by atoms with Crippen LogP contribution in [0.3, 0.4) is 0 Å². The Hall–Kier alpha value is -3.37. The molecule has 4 bridgehead atoms. The number of nitrogens with one attached hydrogen (secondary N) is 2. The van der Waals surface area contributed by atoms with E-state index in [-0.39, 0.29) is 38.1 Å². The molecule has 1 unspecified atom stereocenters. The van der Waals surface area contributed by atoms with Crippen molar-refractivity contribution >= 4 is 31.4 Å². The third-order valence-electron chi connectivity index (χ3n) is 10.4. The number of cyclic esters (lactones) is 1. The van der Waals surface area contributed by atoms with Crippen LogP contribution >= 0.6 is 7.37 Å². The maximum atomic E-state index is 14.3. The normalized spacial score (nSPS) is 31.2. The molecule has 1 aromatic rings. The van der Waals surface area contributed by atoms with E-state index in [4.69, 9.17) is 9.47 Å². The number of carbonyl (C=O) groups excluding carboxylic acids is 4. The summed E-state index contributed by atoms with van der Waals surface area (Å²) in [6.07, 6.45) is 3.32. The highest BCUT2D eigenvalue weighted by atomic mass is 31.2. The van der Waals surface area contributed by atoms with Crippen molar-refractivity contribution in [2.45, 2.75) is 110 Å². The van der Waals surface area contributed by atoms with Gasteiger partial charge in [-0.25, -0.2) is 9.59 Å². The fourth-order valence-corrected chi connectivity index (χ4v) is 9.25. The molecule has 1 aliphatic carbocycles. The Balaban J connectivity index is 1.44. The van der Waals surface area contributed by atoms with Crippen molar-refractivity contribution in [3.63, 3.8) is 0 Å². The molecule has 0 radical (unpaired) electrons. The summed E-state index contributed by atoms with van der Waals surface area (Å²) in [6.45, 7) is 13.7. The topological polar surface area (TPSA) is 155 Å². The van der Waals surface area contributed by atoms with E-state index in [1.165, 1.54) is 10.5 Å². The minimum Gasteiger partial charge on any atom is -0.449 e. The van der Waals surface area contributed by atoms with Crippen molar-refractivity contribution in [1.82, 2.24) is 20.4 Å². The molecule has 3 aliphatic heterocycles. The van der Waals surface area contributed by atoms with Gasteiger partial charge in [-0.2, -0.15) is 0 Å². The molecule has 3 heterocycles. The molecule has 4 amide bonds. The first-order valence-corrected chi connectivity index (χ1v) is 19.0. The molecule has 0 spiro atoms. The van der Waals surface area contributed by atoms with Crippen LogP contribution in [0.4, 0.5) is 9.59 Å². The highest BCUT2D eigenvalue weighted by molar-refractivity contribution is 7.60. The number of ether oxygens (including phenoxy) is 2. The van der Waals surface area contributed by atoms with Crippen LogP contribution in [0.2, 0.25) is 0 Å². The first-order chi connectivity index (χ1) is 22.6. The number of benzene rings is 1. The lowest BCUT2D eigenvalue weighted by Gasteiger charge is -2.35. The lowest BCUT2D eigenvalue weighted by Crippen LogP contribution is -2.58. The molecule has 1 saturated heterocycles. The predicted molar refractivity (Wildman–Crippen MR) is 180 cm³/mol. The number of amides is 4. The molecule has 3 N–H and O–H groups in total.